The van der Waals surface area contributed by atoms with Crippen molar-refractivity contribution in [2.45, 2.75) is 12.5 Å². The monoisotopic (exact) mass is 201 g/mol. The van der Waals surface area contributed by atoms with E-state index in [0.717, 1.165) is 12.0 Å². The highest BCUT2D eigenvalue weighted by molar-refractivity contribution is 6.32. The normalized spacial score (nSPS) is 20.7. The van der Waals surface area contributed by atoms with Crippen LogP contribution in [0.4, 0.5) is 4.39 Å². The molecule has 4 heteroatoms. The van der Waals surface area contributed by atoms with Crippen LogP contribution in [-0.4, -0.2) is 6.61 Å². The third-order valence-corrected chi connectivity index (χ3v) is 2.51. The highest BCUT2D eigenvalue weighted by Gasteiger charge is 2.22. The van der Waals surface area contributed by atoms with Crippen LogP contribution in [0.15, 0.2) is 12.1 Å². The van der Waals surface area contributed by atoms with Crippen LogP contribution < -0.4 is 10.5 Å². The first-order valence-corrected chi connectivity index (χ1v) is 4.44. The van der Waals surface area contributed by atoms with Crippen LogP contribution in [0, 0.1) is 5.82 Å². The number of rotatable bonds is 0. The number of ether oxygens (including phenoxy) is 1. The van der Waals surface area contributed by atoms with Crippen molar-refractivity contribution in [2.75, 3.05) is 6.61 Å². The van der Waals surface area contributed by atoms with Crippen molar-refractivity contribution >= 4 is 11.6 Å². The Bertz CT molecular complexity index is 343. The minimum atomic E-state index is -0.463. The maximum atomic E-state index is 13.0. The van der Waals surface area contributed by atoms with Crippen molar-refractivity contribution in [3.8, 4) is 5.75 Å². The molecule has 0 fully saturated rings. The molecule has 1 aromatic carbocycles. The maximum Gasteiger partial charge on any atom is 0.145 e. The molecule has 0 spiro atoms. The maximum absolute atomic E-state index is 13.0. The first kappa shape index (κ1) is 8.78. The van der Waals surface area contributed by atoms with Gasteiger partial charge in [-0.2, -0.15) is 0 Å². The Balaban J connectivity index is 2.56. The SMILES string of the molecule is NC1CCOc2c1ccc(F)c2Cl. The summed E-state index contributed by atoms with van der Waals surface area (Å²) in [5.74, 6) is -0.0602. The van der Waals surface area contributed by atoms with Gasteiger partial charge in [-0.25, -0.2) is 4.39 Å². The second-order valence-corrected chi connectivity index (χ2v) is 3.40. The first-order valence-electron chi connectivity index (χ1n) is 4.06. The lowest BCUT2D eigenvalue weighted by atomic mass is 10.0. The summed E-state index contributed by atoms with van der Waals surface area (Å²) in [6, 6.07) is 2.85. The molecular weight excluding hydrogens is 193 g/mol. The van der Waals surface area contributed by atoms with Gasteiger partial charge >= 0.3 is 0 Å². The zero-order chi connectivity index (χ0) is 9.42. The quantitative estimate of drug-likeness (QED) is 0.699. The fourth-order valence-corrected chi connectivity index (χ4v) is 1.66. The van der Waals surface area contributed by atoms with E-state index in [0.29, 0.717) is 12.4 Å². The van der Waals surface area contributed by atoms with Crippen molar-refractivity contribution in [1.82, 2.24) is 0 Å². The Kier molecular flexibility index (Phi) is 2.14. The van der Waals surface area contributed by atoms with E-state index < -0.39 is 5.82 Å². The fourth-order valence-electron chi connectivity index (χ4n) is 1.43. The predicted octanol–water partition coefficient (Wildman–Crippen LogP) is 2.26. The average molecular weight is 202 g/mol. The molecule has 2 N–H and O–H groups in total. The predicted molar refractivity (Wildman–Crippen MR) is 48.5 cm³/mol. The zero-order valence-electron chi connectivity index (χ0n) is 6.89. The van der Waals surface area contributed by atoms with Crippen LogP contribution in [-0.2, 0) is 0 Å². The van der Waals surface area contributed by atoms with Gasteiger partial charge in [0.25, 0.3) is 0 Å². The van der Waals surface area contributed by atoms with E-state index in [-0.39, 0.29) is 11.1 Å². The lowest BCUT2D eigenvalue weighted by molar-refractivity contribution is 0.267. The lowest BCUT2D eigenvalue weighted by Crippen LogP contribution is -2.20. The van der Waals surface area contributed by atoms with Gasteiger partial charge in [0.15, 0.2) is 0 Å². The molecule has 1 aromatic rings. The molecule has 1 aliphatic heterocycles. The largest absolute Gasteiger partial charge is 0.491 e. The van der Waals surface area contributed by atoms with E-state index in [2.05, 4.69) is 0 Å². The van der Waals surface area contributed by atoms with Crippen LogP contribution in [0.1, 0.15) is 18.0 Å². The van der Waals surface area contributed by atoms with Gasteiger partial charge in [0, 0.05) is 18.0 Å². The van der Waals surface area contributed by atoms with Gasteiger partial charge < -0.3 is 10.5 Å². The van der Waals surface area contributed by atoms with Gasteiger partial charge in [-0.05, 0) is 6.07 Å². The molecule has 1 unspecified atom stereocenters. The molecule has 0 bridgehead atoms. The minimum absolute atomic E-state index is 0.0349. The summed E-state index contributed by atoms with van der Waals surface area (Å²) in [4.78, 5) is 0. The third kappa shape index (κ3) is 1.38. The topological polar surface area (TPSA) is 35.2 Å². The second kappa shape index (κ2) is 3.16. The number of halogens is 2. The van der Waals surface area contributed by atoms with E-state index in [9.17, 15) is 4.39 Å². The number of fused-ring (bicyclic) bond motifs is 1. The highest BCUT2D eigenvalue weighted by atomic mass is 35.5. The van der Waals surface area contributed by atoms with Crippen LogP contribution in [0.25, 0.3) is 0 Å². The smallest absolute Gasteiger partial charge is 0.145 e. The van der Waals surface area contributed by atoms with Crippen LogP contribution in [0.3, 0.4) is 0 Å². The van der Waals surface area contributed by atoms with E-state index in [1.807, 2.05) is 0 Å². The van der Waals surface area contributed by atoms with Gasteiger partial charge in [-0.15, -0.1) is 0 Å². The van der Waals surface area contributed by atoms with Gasteiger partial charge in [0.1, 0.15) is 16.6 Å². The molecule has 0 aromatic heterocycles. The standard InChI is InChI=1S/C9H9ClFNO/c10-8-6(11)2-1-5-7(12)3-4-13-9(5)8/h1-2,7H,3-4,12H2. The summed E-state index contributed by atoms with van der Waals surface area (Å²) in [6.45, 7) is 0.497. The molecule has 2 nitrogen and oxygen atoms in total. The molecule has 1 aliphatic rings. The minimum Gasteiger partial charge on any atom is -0.491 e. The average Bonchev–Trinajstić information content (AvgIpc) is 2.12. The van der Waals surface area contributed by atoms with Crippen molar-refractivity contribution < 1.29 is 9.13 Å². The van der Waals surface area contributed by atoms with E-state index in [1.54, 1.807) is 6.07 Å². The molecular formula is C9H9ClFNO. The first-order chi connectivity index (χ1) is 6.20. The molecule has 1 heterocycles. The molecule has 0 aliphatic carbocycles. The molecule has 70 valence electrons. The van der Waals surface area contributed by atoms with Crippen molar-refractivity contribution in [1.29, 1.82) is 0 Å². The van der Waals surface area contributed by atoms with Crippen LogP contribution in [0.2, 0.25) is 5.02 Å². The molecule has 0 saturated carbocycles. The van der Waals surface area contributed by atoms with Gasteiger partial charge in [-0.1, -0.05) is 17.7 Å². The Hall–Kier alpha value is -0.800. The summed E-state index contributed by atoms with van der Waals surface area (Å²) in [7, 11) is 0. The van der Waals surface area contributed by atoms with E-state index in [1.165, 1.54) is 6.07 Å². The van der Waals surface area contributed by atoms with Crippen molar-refractivity contribution in [2.24, 2.45) is 5.73 Å². The Labute approximate surface area is 80.4 Å². The summed E-state index contributed by atoms with van der Waals surface area (Å²) in [5, 5.41) is 0.0349. The van der Waals surface area contributed by atoms with Gasteiger partial charge in [-0.3, -0.25) is 0 Å². The van der Waals surface area contributed by atoms with Gasteiger partial charge in [0.05, 0.1) is 6.61 Å². The molecule has 0 radical (unpaired) electrons. The highest BCUT2D eigenvalue weighted by Crippen LogP contribution is 2.37. The molecule has 2 rings (SSSR count). The number of hydrogen-bond acceptors (Lipinski definition) is 2. The summed E-state index contributed by atoms with van der Waals surface area (Å²) in [5.41, 5.74) is 6.59. The number of benzene rings is 1. The zero-order valence-corrected chi connectivity index (χ0v) is 7.64. The Morgan fingerprint density at radius 3 is 3.08 bits per heavy atom. The van der Waals surface area contributed by atoms with Crippen LogP contribution in [0.5, 0.6) is 5.75 Å². The van der Waals surface area contributed by atoms with Crippen LogP contribution >= 0.6 is 11.6 Å². The third-order valence-electron chi connectivity index (χ3n) is 2.16. The lowest BCUT2D eigenvalue weighted by Gasteiger charge is -2.23. The van der Waals surface area contributed by atoms with E-state index in [4.69, 9.17) is 22.1 Å². The second-order valence-electron chi connectivity index (χ2n) is 3.02. The summed E-state index contributed by atoms with van der Waals surface area (Å²) in [6.07, 6.45) is 0.745. The summed E-state index contributed by atoms with van der Waals surface area (Å²) < 4.78 is 18.2. The Morgan fingerprint density at radius 1 is 1.54 bits per heavy atom. The summed E-state index contributed by atoms with van der Waals surface area (Å²) >= 11 is 5.72. The van der Waals surface area contributed by atoms with Gasteiger partial charge in [0.2, 0.25) is 0 Å². The number of hydrogen-bond donors (Lipinski definition) is 1. The Morgan fingerprint density at radius 2 is 2.31 bits per heavy atom. The molecule has 0 saturated heterocycles. The van der Waals surface area contributed by atoms with E-state index >= 15 is 0 Å². The fraction of sp³-hybridized carbons (Fsp3) is 0.333. The molecule has 13 heavy (non-hydrogen) atoms. The number of nitrogens with two attached hydrogens (primary N) is 1. The van der Waals surface area contributed by atoms with Crippen molar-refractivity contribution in [3.05, 3.63) is 28.5 Å². The van der Waals surface area contributed by atoms with Crippen molar-refractivity contribution in [3.63, 3.8) is 0 Å². The molecule has 0 amide bonds. The molecule has 1 atom stereocenters.